The smallest absolute Gasteiger partial charge is 0.440 e. The molecule has 0 radical (unpaired) electrons. The van der Waals surface area contributed by atoms with E-state index in [-0.39, 0.29) is 47.1 Å². The van der Waals surface area contributed by atoms with Gasteiger partial charge < -0.3 is 18.9 Å². The van der Waals surface area contributed by atoms with Crippen LogP contribution in [0.1, 0.15) is 22.3 Å². The number of hydrogen-bond donors (Lipinski definition) is 1. The largest absolute Gasteiger partial charge is 1.00 e. The van der Waals surface area contributed by atoms with Crippen LogP contribution < -0.4 is 44.6 Å². The minimum Gasteiger partial charge on any atom is -0.440 e. The average molecular weight is 513 g/mol. The van der Waals surface area contributed by atoms with Gasteiger partial charge in [-0.15, -0.1) is 0 Å². The summed E-state index contributed by atoms with van der Waals surface area (Å²) in [4.78, 5) is 20.5. The molecule has 3 heterocycles. The standard InChI is InChI=1S/C21H18FN4O5S2.Na/c1-11-8-14-12(2)15(9-13-4-5-24-19(18(13)22)26-33(28,29)23-3)20(27)30-17(14)10-16(11)31-21-25-6-7-32-21;/h4-8,10,23H,9H2,1-3H3;/q-1;+1. The van der Waals surface area contributed by atoms with Crippen LogP contribution in [0.5, 0.6) is 10.9 Å². The van der Waals surface area contributed by atoms with E-state index < -0.39 is 27.5 Å². The molecule has 172 valence electrons. The van der Waals surface area contributed by atoms with Crippen LogP contribution in [0.4, 0.5) is 10.2 Å². The Bertz CT molecular complexity index is 1510. The molecule has 9 nitrogen and oxygen atoms in total. The van der Waals surface area contributed by atoms with Crippen molar-refractivity contribution >= 4 is 38.3 Å². The van der Waals surface area contributed by atoms with Crippen molar-refractivity contribution in [2.24, 2.45) is 0 Å². The molecule has 4 rings (SSSR count). The van der Waals surface area contributed by atoms with Crippen molar-refractivity contribution in [3.05, 3.63) is 79.2 Å². The second-order valence-corrected chi connectivity index (χ2v) is 9.46. The SMILES string of the molecule is CNS(=O)(=O)[N-]c1nccc(Cc2c(C)c3cc(C)c(Oc4nccs4)cc3oc2=O)c1F.[Na+]. The number of benzene rings is 1. The van der Waals surface area contributed by atoms with Gasteiger partial charge in [-0.2, -0.15) is 0 Å². The Labute approximate surface area is 220 Å². The average Bonchev–Trinajstić information content (AvgIpc) is 3.28. The first-order valence-corrected chi connectivity index (χ1v) is 11.9. The van der Waals surface area contributed by atoms with Crippen molar-refractivity contribution in [3.8, 4) is 10.9 Å². The van der Waals surface area contributed by atoms with E-state index in [1.54, 1.807) is 24.6 Å². The second-order valence-electron chi connectivity index (χ2n) is 7.06. The maximum atomic E-state index is 14.9. The van der Waals surface area contributed by atoms with Crippen LogP contribution >= 0.6 is 11.3 Å². The Hall–Kier alpha value is -2.35. The number of halogens is 1. The Morgan fingerprint density at radius 3 is 2.68 bits per heavy atom. The van der Waals surface area contributed by atoms with Gasteiger partial charge in [0.1, 0.15) is 17.1 Å². The molecule has 34 heavy (non-hydrogen) atoms. The predicted molar refractivity (Wildman–Crippen MR) is 122 cm³/mol. The third-order valence-corrected chi connectivity index (χ3v) is 6.55. The number of pyridine rings is 1. The van der Waals surface area contributed by atoms with Crippen LogP contribution in [0.2, 0.25) is 0 Å². The third-order valence-electron chi connectivity index (χ3n) is 4.97. The van der Waals surface area contributed by atoms with Crippen LogP contribution in [-0.2, 0) is 16.6 Å². The van der Waals surface area contributed by atoms with E-state index in [0.717, 1.165) is 12.6 Å². The van der Waals surface area contributed by atoms with Crippen molar-refractivity contribution in [2.45, 2.75) is 20.3 Å². The molecule has 3 aromatic heterocycles. The number of rotatable bonds is 7. The molecular weight excluding hydrogens is 494 g/mol. The first kappa shape index (κ1) is 26.3. The zero-order chi connectivity index (χ0) is 23.8. The van der Waals surface area contributed by atoms with Gasteiger partial charge in [0, 0.05) is 35.0 Å². The van der Waals surface area contributed by atoms with Gasteiger partial charge in [-0.05, 0) is 49.5 Å². The summed E-state index contributed by atoms with van der Waals surface area (Å²) in [7, 11) is -2.93. The molecule has 0 spiro atoms. The van der Waals surface area contributed by atoms with Gasteiger partial charge in [-0.3, -0.25) is 0 Å². The summed E-state index contributed by atoms with van der Waals surface area (Å²) in [5.41, 5.74) is 1.40. The molecule has 4 aromatic rings. The number of hydrogen-bond acceptors (Lipinski definition) is 8. The number of nitrogens with one attached hydrogen (secondary N) is 1. The Morgan fingerprint density at radius 2 is 2.00 bits per heavy atom. The Balaban J connectivity index is 0.00000324. The van der Waals surface area contributed by atoms with Crippen molar-refractivity contribution in [1.82, 2.24) is 14.7 Å². The third kappa shape index (κ3) is 5.48. The zero-order valence-corrected chi connectivity index (χ0v) is 22.4. The zero-order valence-electron chi connectivity index (χ0n) is 18.7. The van der Waals surface area contributed by atoms with E-state index in [1.807, 2.05) is 17.7 Å². The summed E-state index contributed by atoms with van der Waals surface area (Å²) in [6.07, 6.45) is 2.72. The predicted octanol–water partition coefficient (Wildman–Crippen LogP) is 1.26. The minimum atomic E-state index is -4.08. The number of ether oxygens (including phenoxy) is 1. The van der Waals surface area contributed by atoms with E-state index >= 15 is 0 Å². The van der Waals surface area contributed by atoms with Crippen LogP contribution in [0.3, 0.4) is 0 Å². The topological polar surface area (TPSA) is 125 Å². The number of nitrogens with zero attached hydrogens (tertiary/aromatic N) is 3. The quantitative estimate of drug-likeness (QED) is 0.292. The number of aryl methyl sites for hydroxylation is 2. The molecule has 0 saturated heterocycles. The Morgan fingerprint density at radius 1 is 1.24 bits per heavy atom. The van der Waals surface area contributed by atoms with Crippen molar-refractivity contribution < 1.29 is 51.5 Å². The normalized spacial score (nSPS) is 11.3. The monoisotopic (exact) mass is 512 g/mol. The molecule has 1 aromatic carbocycles. The second kappa shape index (κ2) is 10.5. The molecule has 0 bridgehead atoms. The molecule has 0 aliphatic carbocycles. The van der Waals surface area contributed by atoms with E-state index in [2.05, 4.69) is 14.7 Å². The maximum absolute atomic E-state index is 14.9. The molecule has 0 unspecified atom stereocenters. The summed E-state index contributed by atoms with van der Waals surface area (Å²) in [5.74, 6) is -1.02. The number of thiazole rings is 1. The van der Waals surface area contributed by atoms with E-state index in [4.69, 9.17) is 9.15 Å². The molecule has 0 atom stereocenters. The van der Waals surface area contributed by atoms with Gasteiger partial charge in [0.05, 0.1) is 0 Å². The summed E-state index contributed by atoms with van der Waals surface area (Å²) >= 11 is 1.33. The molecule has 0 saturated carbocycles. The molecule has 0 fully saturated rings. The molecule has 0 aliphatic rings. The minimum absolute atomic E-state index is 0. The summed E-state index contributed by atoms with van der Waals surface area (Å²) in [6.45, 7) is 3.59. The van der Waals surface area contributed by atoms with Crippen LogP contribution in [0, 0.1) is 19.7 Å². The fourth-order valence-corrected chi connectivity index (χ4v) is 4.16. The van der Waals surface area contributed by atoms with E-state index in [1.165, 1.54) is 23.6 Å². The van der Waals surface area contributed by atoms with Gasteiger partial charge >= 0.3 is 35.2 Å². The van der Waals surface area contributed by atoms with Gasteiger partial charge in [-0.1, -0.05) is 23.6 Å². The first-order chi connectivity index (χ1) is 15.7. The van der Waals surface area contributed by atoms with E-state index in [0.29, 0.717) is 27.5 Å². The van der Waals surface area contributed by atoms with Gasteiger partial charge in [0.25, 0.3) is 5.19 Å². The molecule has 13 heteroatoms. The molecule has 0 aliphatic heterocycles. The van der Waals surface area contributed by atoms with Crippen molar-refractivity contribution in [3.63, 3.8) is 0 Å². The molecule has 0 amide bonds. The molecular formula is C21H18FN4NaO5S2. The van der Waals surface area contributed by atoms with E-state index in [9.17, 15) is 17.6 Å². The van der Waals surface area contributed by atoms with Gasteiger partial charge in [0.15, 0.2) is 0 Å². The summed E-state index contributed by atoms with van der Waals surface area (Å²) in [5, 5.41) is 2.92. The first-order valence-electron chi connectivity index (χ1n) is 9.62. The van der Waals surface area contributed by atoms with Crippen LogP contribution in [-0.4, -0.2) is 25.4 Å². The summed E-state index contributed by atoms with van der Waals surface area (Å²) < 4.78 is 54.7. The van der Waals surface area contributed by atoms with Crippen molar-refractivity contribution in [1.29, 1.82) is 0 Å². The number of fused-ring (bicyclic) bond motifs is 1. The fourth-order valence-electron chi connectivity index (χ4n) is 3.21. The summed E-state index contributed by atoms with van der Waals surface area (Å²) in [6, 6.07) is 4.81. The maximum Gasteiger partial charge on any atom is 1.00 e. The molecule has 1 N–H and O–H groups in total. The fraction of sp³-hybridized carbons (Fsp3) is 0.190. The van der Waals surface area contributed by atoms with Gasteiger partial charge in [0.2, 0.25) is 10.2 Å². The van der Waals surface area contributed by atoms with Crippen LogP contribution in [0.15, 0.2) is 45.2 Å². The van der Waals surface area contributed by atoms with Gasteiger partial charge in [-0.25, -0.2) is 27.3 Å². The van der Waals surface area contributed by atoms with Crippen molar-refractivity contribution in [2.75, 3.05) is 7.05 Å². The number of aromatic nitrogens is 2. The van der Waals surface area contributed by atoms with Crippen LogP contribution in [0.25, 0.3) is 15.7 Å². The Kier molecular flexibility index (Phi) is 8.11.